The van der Waals surface area contributed by atoms with Gasteiger partial charge in [-0.15, -0.1) is 0 Å². The third kappa shape index (κ3) is 2.52. The van der Waals surface area contributed by atoms with Crippen molar-refractivity contribution in [3.8, 4) is 0 Å². The minimum Gasteiger partial charge on any atom is -0.465 e. The summed E-state index contributed by atoms with van der Waals surface area (Å²) in [6.45, 7) is 4.95. The van der Waals surface area contributed by atoms with Crippen LogP contribution >= 0.6 is 0 Å². The largest absolute Gasteiger partial charge is 0.465 e. The lowest BCUT2D eigenvalue weighted by atomic mass is 10.1. The number of aryl methyl sites for hydroxylation is 1. The van der Waals surface area contributed by atoms with Crippen molar-refractivity contribution in [2.45, 2.75) is 26.3 Å². The van der Waals surface area contributed by atoms with E-state index >= 15 is 0 Å². The molecule has 4 nitrogen and oxygen atoms in total. The average molecular weight is 219 g/mol. The molecule has 0 spiro atoms. The van der Waals surface area contributed by atoms with Crippen molar-refractivity contribution in [2.75, 3.05) is 6.54 Å². The number of H-pyrrole nitrogens is 1. The van der Waals surface area contributed by atoms with Gasteiger partial charge in [0.25, 0.3) is 0 Å². The lowest BCUT2D eigenvalue weighted by molar-refractivity contribution is 0.400. The van der Waals surface area contributed by atoms with Crippen molar-refractivity contribution in [3.05, 3.63) is 41.9 Å². The van der Waals surface area contributed by atoms with E-state index < -0.39 is 0 Å². The van der Waals surface area contributed by atoms with Crippen molar-refractivity contribution in [1.82, 2.24) is 15.3 Å². The van der Waals surface area contributed by atoms with Gasteiger partial charge in [0, 0.05) is 18.8 Å². The summed E-state index contributed by atoms with van der Waals surface area (Å²) in [4.78, 5) is 7.34. The van der Waals surface area contributed by atoms with Gasteiger partial charge in [0.1, 0.15) is 17.3 Å². The summed E-state index contributed by atoms with van der Waals surface area (Å²) in [6.07, 6.45) is 4.42. The lowest BCUT2D eigenvalue weighted by Crippen LogP contribution is -2.22. The first-order chi connectivity index (χ1) is 7.79. The maximum Gasteiger partial charge on any atom is 0.121 e. The van der Waals surface area contributed by atoms with Crippen LogP contribution in [0.15, 0.2) is 28.9 Å². The molecule has 0 fully saturated rings. The molecule has 16 heavy (non-hydrogen) atoms. The molecule has 0 amide bonds. The number of nitrogens with one attached hydrogen (secondary N) is 2. The fourth-order valence-corrected chi connectivity index (χ4v) is 1.76. The van der Waals surface area contributed by atoms with Crippen LogP contribution in [-0.4, -0.2) is 16.5 Å². The van der Waals surface area contributed by atoms with Crippen LogP contribution in [0.4, 0.5) is 0 Å². The van der Waals surface area contributed by atoms with Gasteiger partial charge in [-0.2, -0.15) is 0 Å². The first-order valence-corrected chi connectivity index (χ1v) is 5.57. The molecule has 2 aromatic rings. The predicted molar refractivity (Wildman–Crippen MR) is 62.2 cm³/mol. The molecular formula is C12H17N3O. The number of imidazole rings is 1. The molecule has 1 atom stereocenters. The third-order valence-corrected chi connectivity index (χ3v) is 2.51. The Kier molecular flexibility index (Phi) is 3.41. The van der Waals surface area contributed by atoms with Crippen LogP contribution in [0.1, 0.15) is 30.3 Å². The van der Waals surface area contributed by atoms with Gasteiger partial charge in [0.15, 0.2) is 0 Å². The molecule has 4 heteroatoms. The zero-order valence-corrected chi connectivity index (χ0v) is 9.66. The SMILES string of the molecule is CCNC(Cc1ncc[nH]1)c1ccc(C)o1. The molecule has 2 aromatic heterocycles. The van der Waals surface area contributed by atoms with E-state index in [4.69, 9.17) is 4.42 Å². The monoisotopic (exact) mass is 219 g/mol. The van der Waals surface area contributed by atoms with Crippen molar-refractivity contribution in [2.24, 2.45) is 0 Å². The molecule has 0 saturated carbocycles. The molecule has 2 heterocycles. The molecule has 2 rings (SSSR count). The van der Waals surface area contributed by atoms with E-state index in [2.05, 4.69) is 22.2 Å². The Bertz CT molecular complexity index is 419. The van der Waals surface area contributed by atoms with Crippen LogP contribution in [-0.2, 0) is 6.42 Å². The van der Waals surface area contributed by atoms with Crippen LogP contribution in [0.2, 0.25) is 0 Å². The summed E-state index contributed by atoms with van der Waals surface area (Å²) in [5, 5.41) is 3.40. The number of hydrogen-bond acceptors (Lipinski definition) is 3. The van der Waals surface area contributed by atoms with Crippen LogP contribution < -0.4 is 5.32 Å². The van der Waals surface area contributed by atoms with E-state index in [1.165, 1.54) is 0 Å². The first-order valence-electron chi connectivity index (χ1n) is 5.57. The highest BCUT2D eigenvalue weighted by Crippen LogP contribution is 2.19. The fourth-order valence-electron chi connectivity index (χ4n) is 1.76. The van der Waals surface area contributed by atoms with E-state index in [-0.39, 0.29) is 6.04 Å². The Balaban J connectivity index is 2.11. The van der Waals surface area contributed by atoms with E-state index in [0.29, 0.717) is 0 Å². The van der Waals surface area contributed by atoms with Crippen molar-refractivity contribution in [3.63, 3.8) is 0 Å². The molecule has 0 bridgehead atoms. The quantitative estimate of drug-likeness (QED) is 0.810. The summed E-state index contributed by atoms with van der Waals surface area (Å²) in [5.74, 6) is 2.88. The minimum absolute atomic E-state index is 0.185. The fraction of sp³-hybridized carbons (Fsp3) is 0.417. The standard InChI is InChI=1S/C12H17N3O/c1-3-13-10(8-12-14-6-7-15-12)11-5-4-9(2)16-11/h4-7,10,13H,3,8H2,1-2H3,(H,14,15). The van der Waals surface area contributed by atoms with E-state index in [1.54, 1.807) is 6.20 Å². The number of rotatable bonds is 5. The molecule has 1 unspecified atom stereocenters. The number of nitrogens with zero attached hydrogens (tertiary/aromatic N) is 1. The third-order valence-electron chi connectivity index (χ3n) is 2.51. The summed E-state index contributed by atoms with van der Waals surface area (Å²) < 4.78 is 5.64. The van der Waals surface area contributed by atoms with Gasteiger partial charge in [-0.3, -0.25) is 0 Å². The Hall–Kier alpha value is -1.55. The van der Waals surface area contributed by atoms with Gasteiger partial charge < -0.3 is 14.7 Å². The zero-order chi connectivity index (χ0) is 11.4. The zero-order valence-electron chi connectivity index (χ0n) is 9.66. The lowest BCUT2D eigenvalue weighted by Gasteiger charge is -2.13. The molecule has 2 N–H and O–H groups in total. The molecule has 0 aliphatic rings. The maximum atomic E-state index is 5.64. The topological polar surface area (TPSA) is 53.9 Å². The average Bonchev–Trinajstić information content (AvgIpc) is 2.88. The van der Waals surface area contributed by atoms with Crippen LogP contribution in [0.3, 0.4) is 0 Å². The molecule has 0 radical (unpaired) electrons. The maximum absolute atomic E-state index is 5.64. The number of likely N-dealkylation sites (N-methyl/N-ethyl adjacent to an activating group) is 1. The Labute approximate surface area is 95.1 Å². The number of aromatic amines is 1. The normalized spacial score (nSPS) is 12.9. The van der Waals surface area contributed by atoms with Gasteiger partial charge in [0.2, 0.25) is 0 Å². The summed E-state index contributed by atoms with van der Waals surface area (Å²) in [7, 11) is 0. The molecule has 0 aromatic carbocycles. The van der Waals surface area contributed by atoms with Crippen molar-refractivity contribution >= 4 is 0 Å². The Morgan fingerprint density at radius 1 is 1.50 bits per heavy atom. The van der Waals surface area contributed by atoms with Gasteiger partial charge in [-0.25, -0.2) is 4.98 Å². The molecule has 0 aliphatic carbocycles. The van der Waals surface area contributed by atoms with Crippen molar-refractivity contribution in [1.29, 1.82) is 0 Å². The summed E-state index contributed by atoms with van der Waals surface area (Å²) in [5.41, 5.74) is 0. The van der Waals surface area contributed by atoms with E-state index in [0.717, 1.165) is 30.3 Å². The molecular weight excluding hydrogens is 202 g/mol. The van der Waals surface area contributed by atoms with Gasteiger partial charge >= 0.3 is 0 Å². The summed E-state index contributed by atoms with van der Waals surface area (Å²) in [6, 6.07) is 4.19. The Morgan fingerprint density at radius 2 is 2.38 bits per heavy atom. The highest BCUT2D eigenvalue weighted by Gasteiger charge is 2.15. The summed E-state index contributed by atoms with van der Waals surface area (Å²) >= 11 is 0. The Morgan fingerprint density at radius 3 is 2.94 bits per heavy atom. The smallest absolute Gasteiger partial charge is 0.121 e. The van der Waals surface area contributed by atoms with E-state index in [9.17, 15) is 0 Å². The van der Waals surface area contributed by atoms with Gasteiger partial charge in [-0.1, -0.05) is 6.92 Å². The minimum atomic E-state index is 0.185. The number of aromatic nitrogens is 2. The second-order valence-corrected chi connectivity index (χ2v) is 3.80. The van der Waals surface area contributed by atoms with Crippen LogP contribution in [0.25, 0.3) is 0 Å². The van der Waals surface area contributed by atoms with E-state index in [1.807, 2.05) is 25.3 Å². The predicted octanol–water partition coefficient (Wildman–Crippen LogP) is 2.20. The van der Waals surface area contributed by atoms with Gasteiger partial charge in [0.05, 0.1) is 6.04 Å². The second-order valence-electron chi connectivity index (χ2n) is 3.80. The van der Waals surface area contributed by atoms with Crippen LogP contribution in [0, 0.1) is 6.92 Å². The molecule has 0 saturated heterocycles. The number of furan rings is 1. The van der Waals surface area contributed by atoms with Gasteiger partial charge in [-0.05, 0) is 25.6 Å². The molecule has 86 valence electrons. The highest BCUT2D eigenvalue weighted by molar-refractivity contribution is 5.11. The highest BCUT2D eigenvalue weighted by atomic mass is 16.3. The number of hydrogen-bond donors (Lipinski definition) is 2. The molecule has 0 aliphatic heterocycles. The van der Waals surface area contributed by atoms with Crippen LogP contribution in [0.5, 0.6) is 0 Å². The second kappa shape index (κ2) is 4.99. The van der Waals surface area contributed by atoms with Crippen molar-refractivity contribution < 1.29 is 4.42 Å². The first kappa shape index (κ1) is 11.0.